The summed E-state index contributed by atoms with van der Waals surface area (Å²) in [5, 5.41) is 0.558. The van der Waals surface area contributed by atoms with Gasteiger partial charge in [0.2, 0.25) is 0 Å². The van der Waals surface area contributed by atoms with Crippen molar-refractivity contribution in [1.29, 1.82) is 0 Å². The second-order valence-electron chi connectivity index (χ2n) is 3.94. The normalized spacial score (nSPS) is 13.1. The van der Waals surface area contributed by atoms with Crippen LogP contribution >= 0.6 is 23.2 Å². The Hall–Kier alpha value is -0.650. The van der Waals surface area contributed by atoms with Crippen LogP contribution in [0.3, 0.4) is 0 Å². The number of aryl methyl sites for hydroxylation is 1. The van der Waals surface area contributed by atoms with Gasteiger partial charge in [-0.3, -0.25) is 4.21 Å². The van der Waals surface area contributed by atoms with Crippen LogP contribution in [0, 0.1) is 0 Å². The number of alkyl halides is 1. The molecule has 0 spiro atoms. The Bertz CT molecular complexity index is 585. The fourth-order valence-electron chi connectivity index (χ4n) is 1.80. The van der Waals surface area contributed by atoms with Crippen molar-refractivity contribution in [3.05, 3.63) is 23.1 Å². The number of halogens is 2. The van der Waals surface area contributed by atoms with Crippen LogP contribution in [0.25, 0.3) is 11.2 Å². The van der Waals surface area contributed by atoms with Gasteiger partial charge in [-0.1, -0.05) is 11.6 Å². The minimum absolute atomic E-state index is 0.323. The lowest BCUT2D eigenvalue weighted by Gasteiger charge is -2.05. The summed E-state index contributed by atoms with van der Waals surface area (Å²) in [6, 6.07) is 1.77. The van der Waals surface area contributed by atoms with Gasteiger partial charge in [-0.05, 0) is 12.5 Å². The van der Waals surface area contributed by atoms with Gasteiger partial charge in [-0.2, -0.15) is 0 Å². The predicted octanol–water partition coefficient (Wildman–Crippen LogP) is 2.59. The van der Waals surface area contributed by atoms with E-state index in [9.17, 15) is 4.21 Å². The number of pyridine rings is 1. The minimum Gasteiger partial charge on any atom is -0.312 e. The topological polar surface area (TPSA) is 47.8 Å². The lowest BCUT2D eigenvalue weighted by atomic mass is 10.4. The van der Waals surface area contributed by atoms with Crippen LogP contribution in [-0.4, -0.2) is 30.8 Å². The average molecular weight is 306 g/mol. The monoisotopic (exact) mass is 305 g/mol. The zero-order valence-corrected chi connectivity index (χ0v) is 12.2. The van der Waals surface area contributed by atoms with E-state index < -0.39 is 10.8 Å². The van der Waals surface area contributed by atoms with Gasteiger partial charge in [0.15, 0.2) is 5.65 Å². The molecule has 0 aromatic carbocycles. The molecule has 4 nitrogen and oxygen atoms in total. The second-order valence-corrected chi connectivity index (χ2v) is 6.20. The maximum atomic E-state index is 11.1. The molecule has 2 aromatic heterocycles. The SMILES string of the molecule is CS(=O)CCCn1c(CCl)nc2cc(Cl)cnc21. The van der Waals surface area contributed by atoms with Crippen molar-refractivity contribution in [3.63, 3.8) is 0 Å². The van der Waals surface area contributed by atoms with Gasteiger partial charge >= 0.3 is 0 Å². The predicted molar refractivity (Wildman–Crippen MR) is 75.6 cm³/mol. The van der Waals surface area contributed by atoms with Crippen molar-refractivity contribution >= 4 is 45.2 Å². The molecular formula is C11H13Cl2N3OS. The van der Waals surface area contributed by atoms with E-state index in [1.54, 1.807) is 18.5 Å². The smallest absolute Gasteiger partial charge is 0.160 e. The third-order valence-electron chi connectivity index (χ3n) is 2.56. The van der Waals surface area contributed by atoms with Gasteiger partial charge in [-0.15, -0.1) is 11.6 Å². The molecular weight excluding hydrogens is 293 g/mol. The fraction of sp³-hybridized carbons (Fsp3) is 0.455. The van der Waals surface area contributed by atoms with Gasteiger partial charge in [-0.25, -0.2) is 9.97 Å². The summed E-state index contributed by atoms with van der Waals surface area (Å²) in [5.41, 5.74) is 1.52. The van der Waals surface area contributed by atoms with Crippen LogP contribution in [0.15, 0.2) is 12.3 Å². The quantitative estimate of drug-likeness (QED) is 0.798. The molecule has 1 unspecified atom stereocenters. The molecule has 0 saturated heterocycles. The van der Waals surface area contributed by atoms with E-state index in [0.29, 0.717) is 23.2 Å². The Kier molecular flexibility index (Phi) is 4.59. The molecule has 0 N–H and O–H groups in total. The Morgan fingerprint density at radius 2 is 2.28 bits per heavy atom. The zero-order chi connectivity index (χ0) is 13.1. The standard InChI is InChI=1S/C11H13Cl2N3OS/c1-18(17)4-2-3-16-10(6-12)15-9-5-8(13)7-14-11(9)16/h5,7H,2-4,6H2,1H3. The van der Waals surface area contributed by atoms with Crippen LogP contribution < -0.4 is 0 Å². The van der Waals surface area contributed by atoms with E-state index in [0.717, 1.165) is 23.4 Å². The molecule has 0 amide bonds. The number of hydrogen-bond acceptors (Lipinski definition) is 3. The summed E-state index contributed by atoms with van der Waals surface area (Å²) in [5.74, 6) is 1.75. The molecule has 98 valence electrons. The summed E-state index contributed by atoms with van der Waals surface area (Å²) < 4.78 is 13.0. The highest BCUT2D eigenvalue weighted by atomic mass is 35.5. The zero-order valence-electron chi connectivity index (χ0n) is 9.90. The van der Waals surface area contributed by atoms with Gasteiger partial charge in [0, 0.05) is 35.5 Å². The van der Waals surface area contributed by atoms with E-state index in [1.165, 1.54) is 0 Å². The first-order chi connectivity index (χ1) is 8.61. The first-order valence-corrected chi connectivity index (χ1v) is 8.12. The number of hydrogen-bond donors (Lipinski definition) is 0. The molecule has 18 heavy (non-hydrogen) atoms. The summed E-state index contributed by atoms with van der Waals surface area (Å²) in [7, 11) is -0.781. The Morgan fingerprint density at radius 1 is 1.50 bits per heavy atom. The number of rotatable bonds is 5. The van der Waals surface area contributed by atoms with Crippen molar-refractivity contribution in [2.45, 2.75) is 18.8 Å². The van der Waals surface area contributed by atoms with E-state index in [2.05, 4.69) is 9.97 Å². The number of aromatic nitrogens is 3. The molecule has 0 aliphatic carbocycles. The van der Waals surface area contributed by atoms with Crippen LogP contribution in [0.5, 0.6) is 0 Å². The first kappa shape index (κ1) is 13.8. The van der Waals surface area contributed by atoms with Gasteiger partial charge in [0.05, 0.1) is 10.9 Å². The molecule has 0 fully saturated rings. The molecule has 0 radical (unpaired) electrons. The van der Waals surface area contributed by atoms with Crippen molar-refractivity contribution in [2.75, 3.05) is 12.0 Å². The van der Waals surface area contributed by atoms with Gasteiger partial charge in [0.25, 0.3) is 0 Å². The summed E-state index contributed by atoms with van der Waals surface area (Å²) in [6.45, 7) is 0.715. The Balaban J connectivity index is 2.31. The van der Waals surface area contributed by atoms with E-state index >= 15 is 0 Å². The van der Waals surface area contributed by atoms with E-state index in [4.69, 9.17) is 23.2 Å². The Labute approximate surface area is 118 Å². The van der Waals surface area contributed by atoms with Crippen LogP contribution in [0.1, 0.15) is 12.2 Å². The third kappa shape index (κ3) is 3.02. The molecule has 2 heterocycles. The van der Waals surface area contributed by atoms with Crippen LogP contribution in [-0.2, 0) is 23.2 Å². The molecule has 2 aromatic rings. The molecule has 7 heteroatoms. The van der Waals surface area contributed by atoms with E-state index in [-0.39, 0.29) is 0 Å². The van der Waals surface area contributed by atoms with Crippen molar-refractivity contribution in [1.82, 2.24) is 14.5 Å². The lowest BCUT2D eigenvalue weighted by molar-refractivity contribution is 0.654. The molecule has 0 bridgehead atoms. The third-order valence-corrected chi connectivity index (χ3v) is 3.87. The highest BCUT2D eigenvalue weighted by Crippen LogP contribution is 2.19. The molecule has 2 rings (SSSR count). The summed E-state index contributed by atoms with van der Waals surface area (Å²) in [4.78, 5) is 8.68. The average Bonchev–Trinajstić information content (AvgIpc) is 2.66. The van der Waals surface area contributed by atoms with Crippen LogP contribution in [0.2, 0.25) is 5.02 Å². The van der Waals surface area contributed by atoms with Crippen molar-refractivity contribution in [3.8, 4) is 0 Å². The van der Waals surface area contributed by atoms with Gasteiger partial charge < -0.3 is 4.57 Å². The second kappa shape index (κ2) is 5.99. The van der Waals surface area contributed by atoms with E-state index in [1.807, 2.05) is 4.57 Å². The highest BCUT2D eigenvalue weighted by Gasteiger charge is 2.11. The highest BCUT2D eigenvalue weighted by molar-refractivity contribution is 7.84. The van der Waals surface area contributed by atoms with Crippen molar-refractivity contribution < 1.29 is 4.21 Å². The minimum atomic E-state index is -0.781. The molecule has 0 aliphatic heterocycles. The van der Waals surface area contributed by atoms with Crippen molar-refractivity contribution in [2.24, 2.45) is 0 Å². The summed E-state index contributed by atoms with van der Waals surface area (Å²) >= 11 is 11.8. The number of imidazole rings is 1. The first-order valence-electron chi connectivity index (χ1n) is 5.48. The number of nitrogens with zero attached hydrogens (tertiary/aromatic N) is 3. The fourth-order valence-corrected chi connectivity index (χ4v) is 2.69. The molecule has 0 aliphatic rings. The number of fused-ring (bicyclic) bond motifs is 1. The maximum absolute atomic E-state index is 11.1. The lowest BCUT2D eigenvalue weighted by Crippen LogP contribution is -2.06. The molecule has 1 atom stereocenters. The molecule has 0 saturated carbocycles. The van der Waals surface area contributed by atoms with Crippen LogP contribution in [0.4, 0.5) is 0 Å². The largest absolute Gasteiger partial charge is 0.312 e. The summed E-state index contributed by atoms with van der Waals surface area (Å²) in [6.07, 6.45) is 4.10. The Morgan fingerprint density at radius 3 is 2.94 bits per heavy atom. The maximum Gasteiger partial charge on any atom is 0.160 e. The van der Waals surface area contributed by atoms with Gasteiger partial charge in [0.1, 0.15) is 11.3 Å².